The molecule has 0 spiro atoms. The summed E-state index contributed by atoms with van der Waals surface area (Å²) < 4.78 is 5.25. The predicted octanol–water partition coefficient (Wildman–Crippen LogP) is 3.43. The molecule has 1 aromatic rings. The minimum Gasteiger partial charge on any atom is -0.479 e. The van der Waals surface area contributed by atoms with Crippen LogP contribution in [-0.2, 0) is 0 Å². The van der Waals surface area contributed by atoms with Gasteiger partial charge in [0.1, 0.15) is 11.8 Å². The van der Waals surface area contributed by atoms with E-state index in [1.165, 1.54) is 24.8 Å². The van der Waals surface area contributed by atoms with Crippen molar-refractivity contribution in [2.45, 2.75) is 39.2 Å². The number of benzene rings is 1. The van der Waals surface area contributed by atoms with Gasteiger partial charge in [-0.25, -0.2) is 0 Å². The lowest BCUT2D eigenvalue weighted by Gasteiger charge is -2.19. The molecule has 0 saturated heterocycles. The van der Waals surface area contributed by atoms with E-state index in [1.807, 2.05) is 18.2 Å². The van der Waals surface area contributed by atoms with Gasteiger partial charge in [-0.15, -0.1) is 0 Å². The van der Waals surface area contributed by atoms with Crippen molar-refractivity contribution in [2.24, 2.45) is 5.41 Å². The molecule has 2 rings (SSSR count). The largest absolute Gasteiger partial charge is 0.479 e. The summed E-state index contributed by atoms with van der Waals surface area (Å²) in [5.74, 6) is 0.754. The molecule has 0 bridgehead atoms. The first-order chi connectivity index (χ1) is 9.19. The molecule has 1 aliphatic carbocycles. The third-order valence-corrected chi connectivity index (χ3v) is 4.17. The monoisotopic (exact) mass is 258 g/mol. The fraction of sp³-hybridized carbons (Fsp3) is 0.562. The van der Waals surface area contributed by atoms with Crippen molar-refractivity contribution in [3.63, 3.8) is 0 Å². The van der Waals surface area contributed by atoms with Crippen LogP contribution >= 0.6 is 0 Å². The molecule has 3 heteroatoms. The molecular weight excluding hydrogens is 236 g/mol. The van der Waals surface area contributed by atoms with E-state index in [4.69, 9.17) is 10.00 Å². The summed E-state index contributed by atoms with van der Waals surface area (Å²) in [4.78, 5) is 0. The smallest absolute Gasteiger partial charge is 0.174 e. The molecule has 0 radical (unpaired) electrons. The Kier molecular flexibility index (Phi) is 4.44. The van der Waals surface area contributed by atoms with Gasteiger partial charge in [0.25, 0.3) is 0 Å². The van der Waals surface area contributed by atoms with Crippen LogP contribution in [0, 0.1) is 16.7 Å². The summed E-state index contributed by atoms with van der Waals surface area (Å²) in [5.41, 5.74) is 1.83. The van der Waals surface area contributed by atoms with E-state index in [9.17, 15) is 0 Å². The average Bonchev–Trinajstić information content (AvgIpc) is 3.24. The first-order valence-electron chi connectivity index (χ1n) is 7.02. The van der Waals surface area contributed by atoms with Crippen LogP contribution in [0.3, 0.4) is 0 Å². The molecule has 1 saturated carbocycles. The zero-order valence-electron chi connectivity index (χ0n) is 11.8. The Morgan fingerprint density at radius 2 is 2.05 bits per heavy atom. The van der Waals surface area contributed by atoms with Gasteiger partial charge >= 0.3 is 0 Å². The number of nitrogens with one attached hydrogen (secondary N) is 1. The Morgan fingerprint density at radius 1 is 1.37 bits per heavy atom. The second-order valence-electron chi connectivity index (χ2n) is 5.47. The predicted molar refractivity (Wildman–Crippen MR) is 75.9 cm³/mol. The van der Waals surface area contributed by atoms with Crippen LogP contribution in [-0.4, -0.2) is 13.2 Å². The number of hydrogen-bond donors (Lipinski definition) is 1. The van der Waals surface area contributed by atoms with Crippen LogP contribution in [0.1, 0.15) is 44.7 Å². The molecule has 1 aliphatic rings. The number of rotatable bonds is 7. The third kappa shape index (κ3) is 3.71. The minimum atomic E-state index is 0.103. The van der Waals surface area contributed by atoms with Crippen LogP contribution < -0.4 is 10.1 Å². The molecule has 1 unspecified atom stereocenters. The molecule has 1 aromatic carbocycles. The number of ether oxygens (including phenoxy) is 1. The highest BCUT2D eigenvalue weighted by Gasteiger charge is 2.40. The van der Waals surface area contributed by atoms with Crippen molar-refractivity contribution in [2.75, 3.05) is 13.2 Å². The fourth-order valence-electron chi connectivity index (χ4n) is 2.29. The van der Waals surface area contributed by atoms with Crippen LogP contribution in [0.15, 0.2) is 24.3 Å². The molecule has 0 aromatic heterocycles. The van der Waals surface area contributed by atoms with Gasteiger partial charge in [-0.1, -0.05) is 19.1 Å². The number of nitrogens with zero attached hydrogens (tertiary/aromatic N) is 1. The van der Waals surface area contributed by atoms with Gasteiger partial charge in [0.15, 0.2) is 6.61 Å². The zero-order valence-corrected chi connectivity index (χ0v) is 11.8. The second kappa shape index (κ2) is 6.08. The highest BCUT2D eigenvalue weighted by atomic mass is 16.5. The molecule has 0 heterocycles. The van der Waals surface area contributed by atoms with Gasteiger partial charge < -0.3 is 10.1 Å². The highest BCUT2D eigenvalue weighted by molar-refractivity contribution is 5.29. The Labute approximate surface area is 115 Å². The molecular formula is C16H22N2O. The number of nitriles is 1. The summed E-state index contributed by atoms with van der Waals surface area (Å²) in [7, 11) is 0. The Bertz CT molecular complexity index is 443. The maximum atomic E-state index is 8.46. The van der Waals surface area contributed by atoms with Gasteiger partial charge in [0.05, 0.1) is 0 Å². The van der Waals surface area contributed by atoms with E-state index in [0.717, 1.165) is 12.3 Å². The van der Waals surface area contributed by atoms with E-state index in [0.29, 0.717) is 11.5 Å². The lowest BCUT2D eigenvalue weighted by Crippen LogP contribution is -2.26. The standard InChI is InChI=1S/C16H22N2O/c1-3-16(8-9-16)12-18-13(2)14-4-6-15(7-5-14)19-11-10-17/h4-7,13,18H,3,8-9,11-12H2,1-2H3. The maximum Gasteiger partial charge on any atom is 0.174 e. The van der Waals surface area contributed by atoms with Crippen molar-refractivity contribution >= 4 is 0 Å². The zero-order chi connectivity index (χ0) is 13.7. The molecule has 3 nitrogen and oxygen atoms in total. The molecule has 1 fully saturated rings. The fourth-order valence-corrected chi connectivity index (χ4v) is 2.29. The Morgan fingerprint density at radius 3 is 2.58 bits per heavy atom. The van der Waals surface area contributed by atoms with Crippen LogP contribution in [0.4, 0.5) is 0 Å². The van der Waals surface area contributed by atoms with E-state index in [2.05, 4.69) is 31.3 Å². The lowest BCUT2D eigenvalue weighted by molar-refractivity contribution is 0.367. The Hall–Kier alpha value is -1.53. The topological polar surface area (TPSA) is 45.0 Å². The summed E-state index contributed by atoms with van der Waals surface area (Å²) in [6, 6.07) is 10.3. The van der Waals surface area contributed by atoms with Crippen molar-refractivity contribution < 1.29 is 4.74 Å². The van der Waals surface area contributed by atoms with E-state index in [-0.39, 0.29) is 6.61 Å². The van der Waals surface area contributed by atoms with Crippen LogP contribution in [0.5, 0.6) is 5.75 Å². The van der Waals surface area contributed by atoms with Crippen LogP contribution in [0.25, 0.3) is 0 Å². The molecule has 0 amide bonds. The second-order valence-corrected chi connectivity index (χ2v) is 5.47. The van der Waals surface area contributed by atoms with Crippen molar-refractivity contribution in [3.05, 3.63) is 29.8 Å². The Balaban J connectivity index is 1.85. The molecule has 102 valence electrons. The first kappa shape index (κ1) is 13.9. The van der Waals surface area contributed by atoms with Crippen molar-refractivity contribution in [1.82, 2.24) is 5.32 Å². The van der Waals surface area contributed by atoms with Crippen molar-refractivity contribution in [3.8, 4) is 11.8 Å². The normalized spacial score (nSPS) is 17.5. The quantitative estimate of drug-likeness (QED) is 0.815. The van der Waals surface area contributed by atoms with E-state index >= 15 is 0 Å². The summed E-state index contributed by atoms with van der Waals surface area (Å²) in [5, 5.41) is 12.1. The van der Waals surface area contributed by atoms with Gasteiger partial charge in [-0.3, -0.25) is 0 Å². The lowest BCUT2D eigenvalue weighted by atomic mass is 10.0. The molecule has 19 heavy (non-hydrogen) atoms. The summed E-state index contributed by atoms with van der Waals surface area (Å²) >= 11 is 0. The summed E-state index contributed by atoms with van der Waals surface area (Å²) in [6.45, 7) is 5.68. The SMILES string of the molecule is CCC1(CNC(C)c2ccc(OCC#N)cc2)CC1. The minimum absolute atomic E-state index is 0.103. The van der Waals surface area contributed by atoms with E-state index < -0.39 is 0 Å². The average molecular weight is 258 g/mol. The molecule has 1 atom stereocenters. The first-order valence-corrected chi connectivity index (χ1v) is 7.02. The summed E-state index contributed by atoms with van der Waals surface area (Å²) in [6.07, 6.45) is 4.00. The van der Waals surface area contributed by atoms with Gasteiger partial charge in [-0.2, -0.15) is 5.26 Å². The van der Waals surface area contributed by atoms with E-state index in [1.54, 1.807) is 0 Å². The van der Waals surface area contributed by atoms with Crippen molar-refractivity contribution in [1.29, 1.82) is 5.26 Å². The third-order valence-electron chi connectivity index (χ3n) is 4.17. The highest BCUT2D eigenvalue weighted by Crippen LogP contribution is 2.48. The van der Waals surface area contributed by atoms with Gasteiger partial charge in [0.2, 0.25) is 0 Å². The maximum absolute atomic E-state index is 8.46. The van der Waals surface area contributed by atoms with Crippen LogP contribution in [0.2, 0.25) is 0 Å². The molecule has 1 N–H and O–H groups in total. The molecule has 0 aliphatic heterocycles. The number of hydrogen-bond acceptors (Lipinski definition) is 3. The van der Waals surface area contributed by atoms with Gasteiger partial charge in [-0.05, 0) is 49.3 Å². The van der Waals surface area contributed by atoms with Gasteiger partial charge in [0, 0.05) is 12.6 Å².